The molecule has 6 heteroatoms. The zero-order valence-corrected chi connectivity index (χ0v) is 10.9. The highest BCUT2D eigenvalue weighted by atomic mass is 79.9. The summed E-state index contributed by atoms with van der Waals surface area (Å²) in [6, 6.07) is 3.05. The van der Waals surface area contributed by atoms with Gasteiger partial charge in [-0.1, -0.05) is 0 Å². The van der Waals surface area contributed by atoms with Gasteiger partial charge in [-0.2, -0.15) is 0 Å². The molecule has 0 aromatic carbocycles. The molecule has 90 valence electrons. The number of rotatable bonds is 1. The summed E-state index contributed by atoms with van der Waals surface area (Å²) in [5, 5.41) is 2.72. The van der Waals surface area contributed by atoms with Gasteiger partial charge in [-0.3, -0.25) is 9.59 Å². The van der Waals surface area contributed by atoms with Crippen LogP contribution in [-0.4, -0.2) is 40.8 Å². The lowest BCUT2D eigenvalue weighted by Crippen LogP contribution is -2.56. The average Bonchev–Trinajstić information content (AvgIpc) is 2.32. The van der Waals surface area contributed by atoms with Crippen molar-refractivity contribution in [2.75, 3.05) is 13.1 Å². The first-order valence-electron chi connectivity index (χ1n) is 5.30. The molecule has 0 bridgehead atoms. The van der Waals surface area contributed by atoms with Gasteiger partial charge in [0, 0.05) is 23.8 Å². The molecular formula is C11H12BrN3O2. The lowest BCUT2D eigenvalue weighted by Gasteiger charge is -2.32. The molecule has 0 radical (unpaired) electrons. The Labute approximate surface area is 107 Å². The highest BCUT2D eigenvalue weighted by molar-refractivity contribution is 9.10. The van der Waals surface area contributed by atoms with Crippen molar-refractivity contribution >= 4 is 27.7 Å². The minimum absolute atomic E-state index is 0.128. The third kappa shape index (κ3) is 2.31. The maximum atomic E-state index is 12.2. The Balaban J connectivity index is 2.26. The van der Waals surface area contributed by atoms with Crippen LogP contribution in [0.2, 0.25) is 0 Å². The van der Waals surface area contributed by atoms with Crippen molar-refractivity contribution in [2.24, 2.45) is 0 Å². The fourth-order valence-electron chi connectivity index (χ4n) is 1.74. The van der Waals surface area contributed by atoms with Gasteiger partial charge >= 0.3 is 0 Å². The fourth-order valence-corrected chi connectivity index (χ4v) is 2.16. The van der Waals surface area contributed by atoms with Crippen LogP contribution < -0.4 is 5.32 Å². The molecule has 2 amide bonds. The first kappa shape index (κ1) is 12.0. The predicted molar refractivity (Wildman–Crippen MR) is 65.4 cm³/mol. The summed E-state index contributed by atoms with van der Waals surface area (Å²) in [4.78, 5) is 29.3. The van der Waals surface area contributed by atoms with Crippen LogP contribution in [0.5, 0.6) is 0 Å². The number of piperazine rings is 1. The van der Waals surface area contributed by atoms with Crippen LogP contribution >= 0.6 is 15.9 Å². The number of nitrogens with one attached hydrogen (secondary N) is 1. The van der Waals surface area contributed by atoms with Crippen LogP contribution in [0.3, 0.4) is 0 Å². The number of aromatic nitrogens is 1. The van der Waals surface area contributed by atoms with Gasteiger partial charge in [0.15, 0.2) is 0 Å². The van der Waals surface area contributed by atoms with Gasteiger partial charge in [0.05, 0.1) is 0 Å². The minimum Gasteiger partial charge on any atom is -0.353 e. The molecule has 0 spiro atoms. The number of nitrogens with zero attached hydrogens (tertiary/aromatic N) is 2. The number of carbonyl (C=O) groups excluding carboxylic acids is 2. The third-order valence-electron chi connectivity index (χ3n) is 2.72. The second kappa shape index (κ2) is 4.83. The minimum atomic E-state index is -0.454. The Morgan fingerprint density at radius 1 is 1.65 bits per heavy atom. The van der Waals surface area contributed by atoms with E-state index in [0.29, 0.717) is 23.3 Å². The van der Waals surface area contributed by atoms with Gasteiger partial charge in [-0.05, 0) is 35.0 Å². The Hall–Kier alpha value is -1.43. The monoisotopic (exact) mass is 297 g/mol. The largest absolute Gasteiger partial charge is 0.353 e. The topological polar surface area (TPSA) is 62.3 Å². The van der Waals surface area contributed by atoms with Crippen molar-refractivity contribution in [3.8, 4) is 0 Å². The van der Waals surface area contributed by atoms with E-state index in [2.05, 4.69) is 26.2 Å². The smallest absolute Gasteiger partial charge is 0.274 e. The molecule has 1 N–H and O–H groups in total. The Morgan fingerprint density at radius 2 is 2.41 bits per heavy atom. The van der Waals surface area contributed by atoms with Crippen LogP contribution in [0.25, 0.3) is 0 Å². The van der Waals surface area contributed by atoms with Crippen molar-refractivity contribution in [3.05, 3.63) is 28.5 Å². The molecule has 0 saturated carbocycles. The summed E-state index contributed by atoms with van der Waals surface area (Å²) >= 11 is 3.29. The SMILES string of the molecule is CC1C(=O)NCCN1C(=O)c1ncccc1Br. The lowest BCUT2D eigenvalue weighted by atomic mass is 10.2. The van der Waals surface area contributed by atoms with Gasteiger partial charge < -0.3 is 10.2 Å². The first-order chi connectivity index (χ1) is 8.11. The first-order valence-corrected chi connectivity index (χ1v) is 6.09. The van der Waals surface area contributed by atoms with E-state index in [1.54, 1.807) is 25.3 Å². The summed E-state index contributed by atoms with van der Waals surface area (Å²) in [6.45, 7) is 2.71. The second-order valence-corrected chi connectivity index (χ2v) is 4.65. The molecule has 1 aromatic heterocycles. The Morgan fingerprint density at radius 3 is 3.12 bits per heavy atom. The summed E-state index contributed by atoms with van der Waals surface area (Å²) in [5.74, 6) is -0.350. The molecule has 5 nitrogen and oxygen atoms in total. The molecule has 1 saturated heterocycles. The lowest BCUT2D eigenvalue weighted by molar-refractivity contribution is -0.127. The van der Waals surface area contributed by atoms with Crippen LogP contribution in [0.4, 0.5) is 0 Å². The molecule has 1 fully saturated rings. The second-order valence-electron chi connectivity index (χ2n) is 3.80. The molecule has 2 heterocycles. The van der Waals surface area contributed by atoms with Crippen molar-refractivity contribution in [1.82, 2.24) is 15.2 Å². The number of amides is 2. The van der Waals surface area contributed by atoms with Crippen LogP contribution in [-0.2, 0) is 4.79 Å². The number of hydrogen-bond acceptors (Lipinski definition) is 3. The zero-order valence-electron chi connectivity index (χ0n) is 9.31. The van der Waals surface area contributed by atoms with Crippen molar-refractivity contribution in [1.29, 1.82) is 0 Å². The molecular weight excluding hydrogens is 286 g/mol. The van der Waals surface area contributed by atoms with Gasteiger partial charge in [0.1, 0.15) is 11.7 Å². The van der Waals surface area contributed by atoms with E-state index in [0.717, 1.165) is 0 Å². The molecule has 2 rings (SSSR count). The van der Waals surface area contributed by atoms with Gasteiger partial charge in [0.25, 0.3) is 5.91 Å². The molecule has 1 atom stereocenters. The van der Waals surface area contributed by atoms with E-state index in [1.807, 2.05) is 0 Å². The predicted octanol–water partition coefficient (Wildman–Crippen LogP) is 0.805. The van der Waals surface area contributed by atoms with Crippen molar-refractivity contribution < 1.29 is 9.59 Å². The standard InChI is InChI=1S/C11H12BrN3O2/c1-7-10(16)14-5-6-15(7)11(17)9-8(12)3-2-4-13-9/h2-4,7H,5-6H2,1H3,(H,14,16). The van der Waals surface area contributed by atoms with E-state index < -0.39 is 6.04 Å². The summed E-state index contributed by atoms with van der Waals surface area (Å²) in [7, 11) is 0. The number of hydrogen-bond donors (Lipinski definition) is 1. The van der Waals surface area contributed by atoms with E-state index in [9.17, 15) is 9.59 Å². The van der Waals surface area contributed by atoms with E-state index in [1.165, 1.54) is 4.90 Å². The van der Waals surface area contributed by atoms with Gasteiger partial charge in [-0.25, -0.2) is 4.98 Å². The summed E-state index contributed by atoms with van der Waals surface area (Å²) in [5.41, 5.74) is 0.342. The molecule has 1 aliphatic rings. The normalized spacial score (nSPS) is 20.0. The fraction of sp³-hybridized carbons (Fsp3) is 0.364. The van der Waals surface area contributed by atoms with Crippen molar-refractivity contribution in [2.45, 2.75) is 13.0 Å². The highest BCUT2D eigenvalue weighted by Gasteiger charge is 2.31. The Bertz CT molecular complexity index is 464. The Kier molecular flexibility index (Phi) is 3.42. The maximum Gasteiger partial charge on any atom is 0.274 e. The molecule has 17 heavy (non-hydrogen) atoms. The molecule has 1 aromatic rings. The third-order valence-corrected chi connectivity index (χ3v) is 3.36. The van der Waals surface area contributed by atoms with Gasteiger partial charge in [-0.15, -0.1) is 0 Å². The zero-order chi connectivity index (χ0) is 12.4. The number of carbonyl (C=O) groups is 2. The van der Waals surface area contributed by atoms with Gasteiger partial charge in [0.2, 0.25) is 5.91 Å². The molecule has 0 aliphatic carbocycles. The summed E-state index contributed by atoms with van der Waals surface area (Å²) < 4.78 is 0.642. The van der Waals surface area contributed by atoms with E-state index in [-0.39, 0.29) is 11.8 Å². The van der Waals surface area contributed by atoms with Crippen LogP contribution in [0, 0.1) is 0 Å². The number of halogens is 1. The summed E-state index contributed by atoms with van der Waals surface area (Å²) in [6.07, 6.45) is 1.56. The highest BCUT2D eigenvalue weighted by Crippen LogP contribution is 2.17. The quantitative estimate of drug-likeness (QED) is 0.834. The molecule has 1 aliphatic heterocycles. The maximum absolute atomic E-state index is 12.2. The van der Waals surface area contributed by atoms with Crippen LogP contribution in [0.15, 0.2) is 22.8 Å². The average molecular weight is 298 g/mol. The number of pyridine rings is 1. The molecule has 1 unspecified atom stereocenters. The van der Waals surface area contributed by atoms with Crippen LogP contribution in [0.1, 0.15) is 17.4 Å². The van der Waals surface area contributed by atoms with E-state index in [4.69, 9.17) is 0 Å². The van der Waals surface area contributed by atoms with E-state index >= 15 is 0 Å². The van der Waals surface area contributed by atoms with Crippen molar-refractivity contribution in [3.63, 3.8) is 0 Å².